The van der Waals surface area contributed by atoms with Crippen molar-refractivity contribution < 1.29 is 9.90 Å². The number of benzene rings is 1. The SMILES string of the molecule is O=C(CCCNCc1ccc(CO)cc1)NC1CC1. The third-order valence-electron chi connectivity index (χ3n) is 3.23. The van der Waals surface area contributed by atoms with Crippen LogP contribution in [0.3, 0.4) is 0 Å². The van der Waals surface area contributed by atoms with Gasteiger partial charge in [0.1, 0.15) is 0 Å². The highest BCUT2D eigenvalue weighted by molar-refractivity contribution is 5.76. The molecule has 0 heterocycles. The maximum Gasteiger partial charge on any atom is 0.220 e. The van der Waals surface area contributed by atoms with Gasteiger partial charge in [-0.3, -0.25) is 4.79 Å². The van der Waals surface area contributed by atoms with Crippen LogP contribution in [0.1, 0.15) is 36.8 Å². The lowest BCUT2D eigenvalue weighted by atomic mass is 10.1. The Hall–Kier alpha value is -1.39. The Labute approximate surface area is 114 Å². The van der Waals surface area contributed by atoms with Crippen molar-refractivity contribution in [2.24, 2.45) is 0 Å². The molecule has 0 saturated heterocycles. The number of amides is 1. The van der Waals surface area contributed by atoms with E-state index in [4.69, 9.17) is 5.11 Å². The molecule has 4 heteroatoms. The number of aliphatic hydroxyl groups excluding tert-OH is 1. The Kier molecular flexibility index (Phi) is 5.36. The normalized spacial score (nSPS) is 14.4. The number of aliphatic hydroxyl groups is 1. The van der Waals surface area contributed by atoms with Crippen molar-refractivity contribution in [1.29, 1.82) is 0 Å². The first-order valence-electron chi connectivity index (χ1n) is 6.96. The summed E-state index contributed by atoms with van der Waals surface area (Å²) in [4.78, 5) is 11.4. The van der Waals surface area contributed by atoms with Crippen molar-refractivity contribution in [3.8, 4) is 0 Å². The number of hydrogen-bond donors (Lipinski definition) is 3. The fraction of sp³-hybridized carbons (Fsp3) is 0.533. The summed E-state index contributed by atoms with van der Waals surface area (Å²) in [5.41, 5.74) is 2.13. The van der Waals surface area contributed by atoms with Gasteiger partial charge in [-0.1, -0.05) is 24.3 Å². The lowest BCUT2D eigenvalue weighted by molar-refractivity contribution is -0.121. The van der Waals surface area contributed by atoms with Crippen LogP contribution in [0.5, 0.6) is 0 Å². The van der Waals surface area contributed by atoms with E-state index in [-0.39, 0.29) is 12.5 Å². The molecular weight excluding hydrogens is 240 g/mol. The molecule has 0 radical (unpaired) electrons. The van der Waals surface area contributed by atoms with Crippen LogP contribution >= 0.6 is 0 Å². The predicted molar refractivity (Wildman–Crippen MR) is 74.5 cm³/mol. The summed E-state index contributed by atoms with van der Waals surface area (Å²) in [6, 6.07) is 8.35. The lowest BCUT2D eigenvalue weighted by Gasteiger charge is -2.06. The van der Waals surface area contributed by atoms with Crippen LogP contribution in [0.15, 0.2) is 24.3 Å². The standard InChI is InChI=1S/C15H22N2O2/c18-11-13-5-3-12(4-6-13)10-16-9-1-2-15(19)17-14-7-8-14/h3-6,14,16,18H,1-2,7-11H2,(H,17,19). The quantitative estimate of drug-likeness (QED) is 0.619. The minimum absolute atomic E-state index is 0.0871. The van der Waals surface area contributed by atoms with Gasteiger partial charge in [-0.15, -0.1) is 0 Å². The smallest absolute Gasteiger partial charge is 0.220 e. The fourth-order valence-electron chi connectivity index (χ4n) is 1.90. The third-order valence-corrected chi connectivity index (χ3v) is 3.23. The maximum absolute atomic E-state index is 11.4. The van der Waals surface area contributed by atoms with Crippen molar-refractivity contribution in [2.45, 2.75) is 44.9 Å². The number of nitrogens with one attached hydrogen (secondary N) is 2. The molecule has 1 amide bonds. The van der Waals surface area contributed by atoms with E-state index in [1.54, 1.807) is 0 Å². The van der Waals surface area contributed by atoms with Gasteiger partial charge in [0.05, 0.1) is 6.61 Å². The van der Waals surface area contributed by atoms with Crippen LogP contribution in [0.2, 0.25) is 0 Å². The van der Waals surface area contributed by atoms with Crippen LogP contribution < -0.4 is 10.6 Å². The van der Waals surface area contributed by atoms with Crippen LogP contribution in [-0.4, -0.2) is 23.6 Å². The average molecular weight is 262 g/mol. The topological polar surface area (TPSA) is 61.4 Å². The van der Waals surface area contributed by atoms with Crippen molar-refractivity contribution in [3.63, 3.8) is 0 Å². The van der Waals surface area contributed by atoms with E-state index in [0.29, 0.717) is 12.5 Å². The van der Waals surface area contributed by atoms with Crippen LogP contribution in [0, 0.1) is 0 Å². The van der Waals surface area contributed by atoms with Gasteiger partial charge in [0, 0.05) is 19.0 Å². The zero-order valence-electron chi connectivity index (χ0n) is 11.2. The van der Waals surface area contributed by atoms with Gasteiger partial charge >= 0.3 is 0 Å². The Morgan fingerprint density at radius 1 is 1.21 bits per heavy atom. The Morgan fingerprint density at radius 3 is 2.53 bits per heavy atom. The summed E-state index contributed by atoms with van der Waals surface area (Å²) < 4.78 is 0. The van der Waals surface area contributed by atoms with E-state index in [9.17, 15) is 4.79 Å². The number of carbonyl (C=O) groups excluding carboxylic acids is 1. The molecule has 4 nitrogen and oxygen atoms in total. The van der Waals surface area contributed by atoms with E-state index in [0.717, 1.165) is 37.9 Å². The second-order valence-corrected chi connectivity index (χ2v) is 5.10. The highest BCUT2D eigenvalue weighted by Gasteiger charge is 2.22. The van der Waals surface area contributed by atoms with Gasteiger partial charge in [0.25, 0.3) is 0 Å². The highest BCUT2D eigenvalue weighted by atomic mass is 16.3. The first kappa shape index (κ1) is 14.0. The van der Waals surface area contributed by atoms with Gasteiger partial charge in [-0.2, -0.15) is 0 Å². The van der Waals surface area contributed by atoms with Crippen molar-refractivity contribution in [3.05, 3.63) is 35.4 Å². The molecule has 2 rings (SSSR count). The molecule has 104 valence electrons. The molecule has 1 aromatic carbocycles. The molecule has 0 atom stereocenters. The molecule has 1 fully saturated rings. The zero-order valence-corrected chi connectivity index (χ0v) is 11.2. The summed E-state index contributed by atoms with van der Waals surface area (Å²) in [6.07, 6.45) is 3.77. The molecule has 1 saturated carbocycles. The van der Waals surface area contributed by atoms with E-state index >= 15 is 0 Å². The zero-order chi connectivity index (χ0) is 13.5. The maximum atomic E-state index is 11.4. The van der Waals surface area contributed by atoms with Crippen molar-refractivity contribution in [2.75, 3.05) is 6.54 Å². The van der Waals surface area contributed by atoms with E-state index in [2.05, 4.69) is 10.6 Å². The summed E-state index contributed by atoms with van der Waals surface area (Å²) >= 11 is 0. The molecule has 19 heavy (non-hydrogen) atoms. The molecule has 1 aliphatic rings. The monoisotopic (exact) mass is 262 g/mol. The van der Waals surface area contributed by atoms with Crippen LogP contribution in [0.4, 0.5) is 0 Å². The Morgan fingerprint density at radius 2 is 1.89 bits per heavy atom. The number of rotatable bonds is 8. The number of hydrogen-bond acceptors (Lipinski definition) is 3. The first-order chi connectivity index (χ1) is 9.28. The molecule has 0 spiro atoms. The summed E-state index contributed by atoms with van der Waals surface area (Å²) in [5, 5.41) is 15.2. The molecule has 0 bridgehead atoms. The van der Waals surface area contributed by atoms with E-state index in [1.165, 1.54) is 5.56 Å². The van der Waals surface area contributed by atoms with Gasteiger partial charge in [-0.05, 0) is 36.9 Å². The van der Waals surface area contributed by atoms with Gasteiger partial charge in [-0.25, -0.2) is 0 Å². The molecule has 1 aliphatic carbocycles. The number of carbonyl (C=O) groups is 1. The van der Waals surface area contributed by atoms with E-state index in [1.807, 2.05) is 24.3 Å². The second-order valence-electron chi connectivity index (χ2n) is 5.10. The molecule has 0 aromatic heterocycles. The summed E-state index contributed by atoms with van der Waals surface area (Å²) in [5.74, 6) is 0.177. The van der Waals surface area contributed by atoms with Crippen LogP contribution in [-0.2, 0) is 17.9 Å². The second kappa shape index (κ2) is 7.26. The lowest BCUT2D eigenvalue weighted by Crippen LogP contribution is -2.26. The molecular formula is C15H22N2O2. The van der Waals surface area contributed by atoms with Crippen molar-refractivity contribution in [1.82, 2.24) is 10.6 Å². The highest BCUT2D eigenvalue weighted by Crippen LogP contribution is 2.18. The van der Waals surface area contributed by atoms with Crippen molar-refractivity contribution >= 4 is 5.91 Å². The molecule has 0 unspecified atom stereocenters. The Balaban J connectivity index is 1.54. The predicted octanol–water partition coefficient (Wildman–Crippen LogP) is 1.33. The van der Waals surface area contributed by atoms with Gasteiger partial charge < -0.3 is 15.7 Å². The Bertz CT molecular complexity index is 399. The molecule has 1 aromatic rings. The minimum Gasteiger partial charge on any atom is -0.392 e. The minimum atomic E-state index is 0.0871. The molecule has 0 aliphatic heterocycles. The van der Waals surface area contributed by atoms with Gasteiger partial charge in [0.2, 0.25) is 5.91 Å². The summed E-state index contributed by atoms with van der Waals surface area (Å²) in [6.45, 7) is 1.74. The average Bonchev–Trinajstić information content (AvgIpc) is 3.23. The fourth-order valence-corrected chi connectivity index (χ4v) is 1.90. The third kappa shape index (κ3) is 5.41. The van der Waals surface area contributed by atoms with E-state index < -0.39 is 0 Å². The molecule has 3 N–H and O–H groups in total. The van der Waals surface area contributed by atoms with Gasteiger partial charge in [0.15, 0.2) is 0 Å². The first-order valence-corrected chi connectivity index (χ1v) is 6.96. The van der Waals surface area contributed by atoms with Crippen LogP contribution in [0.25, 0.3) is 0 Å². The summed E-state index contributed by atoms with van der Waals surface area (Å²) in [7, 11) is 0. The largest absolute Gasteiger partial charge is 0.392 e.